The van der Waals surface area contributed by atoms with Gasteiger partial charge in [0.05, 0.1) is 6.61 Å². The van der Waals surface area contributed by atoms with Crippen LogP contribution in [0.15, 0.2) is 24.3 Å². The molecule has 4 heteroatoms. The van der Waals surface area contributed by atoms with Crippen molar-refractivity contribution < 1.29 is 14.6 Å². The van der Waals surface area contributed by atoms with Gasteiger partial charge in [-0.2, -0.15) is 0 Å². The average molecular weight is 315 g/mol. The first-order chi connectivity index (χ1) is 11.2. The number of primary amides is 1. The van der Waals surface area contributed by atoms with Crippen LogP contribution in [0.2, 0.25) is 0 Å². The van der Waals surface area contributed by atoms with Crippen LogP contribution >= 0.6 is 0 Å². The van der Waals surface area contributed by atoms with Crippen molar-refractivity contribution in [1.82, 2.24) is 0 Å². The molecular formula is C19H25NO3. The summed E-state index contributed by atoms with van der Waals surface area (Å²) in [6, 6.07) is 5.86. The molecular weight excluding hydrogens is 290 g/mol. The summed E-state index contributed by atoms with van der Waals surface area (Å²) in [5.74, 6) is -0.386. The fourth-order valence-corrected chi connectivity index (χ4v) is 3.74. The van der Waals surface area contributed by atoms with E-state index in [-0.39, 0.29) is 17.9 Å². The van der Waals surface area contributed by atoms with Gasteiger partial charge in [-0.3, -0.25) is 4.79 Å². The summed E-state index contributed by atoms with van der Waals surface area (Å²) in [4.78, 5) is 11.8. The molecule has 1 amide bonds. The molecule has 1 heterocycles. The minimum absolute atomic E-state index is 0.102. The molecule has 0 aromatic heterocycles. The number of benzene rings is 1. The van der Waals surface area contributed by atoms with E-state index in [4.69, 9.17) is 10.5 Å². The largest absolute Gasteiger partial charge is 0.395 e. The zero-order chi connectivity index (χ0) is 16.3. The number of allylic oxidation sites excluding steroid dienone is 2. The third-order valence-corrected chi connectivity index (χ3v) is 5.29. The Balaban J connectivity index is 2.06. The molecule has 124 valence electrons. The number of aliphatic hydroxyl groups excluding tert-OH is 1. The van der Waals surface area contributed by atoms with E-state index in [0.29, 0.717) is 18.8 Å². The van der Waals surface area contributed by atoms with Crippen molar-refractivity contribution >= 4 is 11.5 Å². The van der Waals surface area contributed by atoms with Gasteiger partial charge in [-0.05, 0) is 61.3 Å². The van der Waals surface area contributed by atoms with Crippen LogP contribution in [0.1, 0.15) is 60.0 Å². The summed E-state index contributed by atoms with van der Waals surface area (Å²) in [6.07, 6.45) is 8.22. The van der Waals surface area contributed by atoms with Gasteiger partial charge in [-0.1, -0.05) is 18.2 Å². The van der Waals surface area contributed by atoms with Gasteiger partial charge in [0, 0.05) is 24.2 Å². The zero-order valence-corrected chi connectivity index (χ0v) is 13.5. The number of rotatable bonds is 4. The summed E-state index contributed by atoms with van der Waals surface area (Å²) < 4.78 is 5.46. The van der Waals surface area contributed by atoms with E-state index >= 15 is 0 Å². The molecule has 4 nitrogen and oxygen atoms in total. The molecule has 23 heavy (non-hydrogen) atoms. The van der Waals surface area contributed by atoms with E-state index in [1.54, 1.807) is 0 Å². The smallest absolute Gasteiger partial charge is 0.249 e. The first-order valence-electron chi connectivity index (χ1n) is 8.49. The highest BCUT2D eigenvalue weighted by Gasteiger charge is 2.34. The highest BCUT2D eigenvalue weighted by molar-refractivity contribution is 5.98. The van der Waals surface area contributed by atoms with Gasteiger partial charge in [0.1, 0.15) is 0 Å². The Labute approximate surface area is 137 Å². The van der Waals surface area contributed by atoms with E-state index in [1.165, 1.54) is 12.0 Å². The number of carbonyl (C=O) groups excluding carboxylic acids is 1. The lowest BCUT2D eigenvalue weighted by Crippen LogP contribution is -2.37. The minimum Gasteiger partial charge on any atom is -0.395 e. The maximum atomic E-state index is 11.8. The van der Waals surface area contributed by atoms with Gasteiger partial charge in [0.2, 0.25) is 5.91 Å². The number of hydrogen-bond acceptors (Lipinski definition) is 3. The fraction of sp³-hybridized carbons (Fsp3) is 0.526. The van der Waals surface area contributed by atoms with Crippen molar-refractivity contribution in [2.24, 2.45) is 5.73 Å². The number of hydrogen-bond donors (Lipinski definition) is 2. The third kappa shape index (κ3) is 3.19. The Hall–Kier alpha value is -1.65. The predicted octanol–water partition coefficient (Wildman–Crippen LogP) is 2.78. The molecule has 1 aliphatic carbocycles. The topological polar surface area (TPSA) is 72.6 Å². The SMILES string of the molecule is NC(=O)c1ccc(C2(CO)CCOCC2)cc1C1=CCCCC1. The first-order valence-corrected chi connectivity index (χ1v) is 8.49. The van der Waals surface area contributed by atoms with E-state index in [2.05, 4.69) is 12.1 Å². The molecule has 0 spiro atoms. The number of amides is 1. The van der Waals surface area contributed by atoms with Gasteiger partial charge in [0.15, 0.2) is 0 Å². The van der Waals surface area contributed by atoms with Crippen LogP contribution in [0, 0.1) is 0 Å². The molecule has 0 atom stereocenters. The number of nitrogens with two attached hydrogens (primary N) is 1. The van der Waals surface area contributed by atoms with Crippen LogP contribution in [0.3, 0.4) is 0 Å². The van der Waals surface area contributed by atoms with Crippen molar-refractivity contribution in [3.05, 3.63) is 41.0 Å². The molecule has 0 radical (unpaired) electrons. The summed E-state index contributed by atoms with van der Waals surface area (Å²) >= 11 is 0. The Morgan fingerprint density at radius 3 is 2.65 bits per heavy atom. The summed E-state index contributed by atoms with van der Waals surface area (Å²) in [5.41, 5.74) is 9.16. The molecule has 1 fully saturated rings. The molecule has 3 N–H and O–H groups in total. The lowest BCUT2D eigenvalue weighted by Gasteiger charge is -2.36. The maximum Gasteiger partial charge on any atom is 0.249 e. The van der Waals surface area contributed by atoms with Crippen molar-refractivity contribution in [1.29, 1.82) is 0 Å². The molecule has 1 aromatic rings. The zero-order valence-electron chi connectivity index (χ0n) is 13.5. The van der Waals surface area contributed by atoms with Crippen molar-refractivity contribution in [2.45, 2.75) is 43.9 Å². The number of carbonyl (C=O) groups is 1. The number of ether oxygens (including phenoxy) is 1. The summed E-state index contributed by atoms with van der Waals surface area (Å²) in [7, 11) is 0. The minimum atomic E-state index is -0.386. The van der Waals surface area contributed by atoms with Gasteiger partial charge >= 0.3 is 0 Å². The lowest BCUT2D eigenvalue weighted by atomic mass is 9.73. The van der Waals surface area contributed by atoms with E-state index in [0.717, 1.165) is 43.2 Å². The van der Waals surface area contributed by atoms with Crippen LogP contribution in [0.4, 0.5) is 0 Å². The average Bonchev–Trinajstić information content (AvgIpc) is 2.62. The standard InChI is InChI=1S/C19H25NO3/c20-18(22)16-7-6-15(19(13-21)8-10-23-11-9-19)12-17(16)14-4-2-1-3-5-14/h4,6-7,12,21H,1-3,5,8-11,13H2,(H2,20,22). The Bertz CT molecular complexity index is 615. The van der Waals surface area contributed by atoms with Gasteiger partial charge in [0.25, 0.3) is 0 Å². The quantitative estimate of drug-likeness (QED) is 0.897. The van der Waals surface area contributed by atoms with Gasteiger partial charge in [-0.25, -0.2) is 0 Å². The second-order valence-electron chi connectivity index (χ2n) is 6.65. The van der Waals surface area contributed by atoms with E-state index in [9.17, 15) is 9.90 Å². The van der Waals surface area contributed by atoms with Crippen LogP contribution < -0.4 is 5.73 Å². The summed E-state index contributed by atoms with van der Waals surface area (Å²) in [5, 5.41) is 10.0. The molecule has 1 aromatic carbocycles. The Morgan fingerprint density at radius 1 is 1.26 bits per heavy atom. The van der Waals surface area contributed by atoms with Gasteiger partial charge < -0.3 is 15.6 Å². The van der Waals surface area contributed by atoms with Crippen LogP contribution in [-0.4, -0.2) is 30.8 Å². The van der Waals surface area contributed by atoms with Crippen molar-refractivity contribution in [3.63, 3.8) is 0 Å². The molecule has 0 saturated carbocycles. The second-order valence-corrected chi connectivity index (χ2v) is 6.65. The molecule has 1 saturated heterocycles. The molecule has 2 aliphatic rings. The lowest BCUT2D eigenvalue weighted by molar-refractivity contribution is 0.0253. The highest BCUT2D eigenvalue weighted by atomic mass is 16.5. The fourth-order valence-electron chi connectivity index (χ4n) is 3.74. The Kier molecular flexibility index (Phi) is 4.83. The van der Waals surface area contributed by atoms with E-state index in [1.807, 2.05) is 12.1 Å². The van der Waals surface area contributed by atoms with Crippen LogP contribution in [-0.2, 0) is 10.2 Å². The van der Waals surface area contributed by atoms with Crippen molar-refractivity contribution in [2.75, 3.05) is 19.8 Å². The van der Waals surface area contributed by atoms with Crippen LogP contribution in [0.5, 0.6) is 0 Å². The van der Waals surface area contributed by atoms with Crippen LogP contribution in [0.25, 0.3) is 5.57 Å². The molecule has 1 aliphatic heterocycles. The first kappa shape index (κ1) is 16.2. The van der Waals surface area contributed by atoms with Crippen molar-refractivity contribution in [3.8, 4) is 0 Å². The normalized spacial score (nSPS) is 20.8. The number of aliphatic hydroxyl groups is 1. The Morgan fingerprint density at radius 2 is 2.04 bits per heavy atom. The van der Waals surface area contributed by atoms with Gasteiger partial charge in [-0.15, -0.1) is 0 Å². The molecule has 0 unspecified atom stereocenters. The molecule has 0 bridgehead atoms. The third-order valence-electron chi connectivity index (χ3n) is 5.29. The molecule has 3 rings (SSSR count). The monoisotopic (exact) mass is 315 g/mol. The summed E-state index contributed by atoms with van der Waals surface area (Å²) in [6.45, 7) is 1.43. The highest BCUT2D eigenvalue weighted by Crippen LogP contribution is 2.37. The second kappa shape index (κ2) is 6.85. The maximum absolute atomic E-state index is 11.8. The van der Waals surface area contributed by atoms with E-state index < -0.39 is 0 Å². The predicted molar refractivity (Wildman–Crippen MR) is 90.2 cm³/mol.